The summed E-state index contributed by atoms with van der Waals surface area (Å²) in [7, 11) is 2.88. The highest BCUT2D eigenvalue weighted by Gasteiger charge is 2.31. The fourth-order valence-electron chi connectivity index (χ4n) is 4.35. The first-order chi connectivity index (χ1) is 19.2. The quantitative estimate of drug-likeness (QED) is 0.263. The van der Waals surface area contributed by atoms with Gasteiger partial charge in [-0.25, -0.2) is 4.79 Å². The summed E-state index contributed by atoms with van der Waals surface area (Å²) in [6.07, 6.45) is 1.06. The van der Waals surface area contributed by atoms with E-state index in [-0.39, 0.29) is 17.7 Å². The van der Waals surface area contributed by atoms with Crippen molar-refractivity contribution in [1.29, 1.82) is 0 Å². The van der Waals surface area contributed by atoms with E-state index in [4.69, 9.17) is 9.47 Å². The summed E-state index contributed by atoms with van der Waals surface area (Å²) in [5.41, 5.74) is 2.29. The van der Waals surface area contributed by atoms with Crippen LogP contribution in [-0.2, 0) is 27.3 Å². The van der Waals surface area contributed by atoms with Crippen molar-refractivity contribution in [2.24, 2.45) is 0 Å². The number of methoxy groups -OCH3 is 2. The number of hydrogen-bond acceptors (Lipinski definition) is 8. The lowest BCUT2D eigenvalue weighted by Crippen LogP contribution is -2.34. The SMILES string of the molecule is CCC(Sc1cccc(NC(=O)c2ccc(OC)cc2)c1)C(=O)Nc1sc2c(c1C(=O)OC)CCN(C(C)=O)C2. The number of fused-ring (bicyclic) bond motifs is 1. The van der Waals surface area contributed by atoms with Crippen molar-refractivity contribution in [3.8, 4) is 5.75 Å². The van der Waals surface area contributed by atoms with E-state index in [2.05, 4.69) is 10.6 Å². The fourth-order valence-corrected chi connectivity index (χ4v) is 6.62. The van der Waals surface area contributed by atoms with Gasteiger partial charge in [0, 0.05) is 34.5 Å². The summed E-state index contributed by atoms with van der Waals surface area (Å²) in [4.78, 5) is 54.0. The molecule has 1 atom stereocenters. The number of thioether (sulfide) groups is 1. The molecular formula is C29H31N3O6S2. The molecule has 1 aliphatic heterocycles. The minimum Gasteiger partial charge on any atom is -0.497 e. The van der Waals surface area contributed by atoms with Crippen molar-refractivity contribution in [3.63, 3.8) is 0 Å². The van der Waals surface area contributed by atoms with Crippen LogP contribution in [0.15, 0.2) is 53.4 Å². The Hall–Kier alpha value is -3.83. The number of esters is 1. The molecule has 3 aromatic rings. The van der Waals surface area contributed by atoms with Gasteiger partial charge in [-0.1, -0.05) is 13.0 Å². The van der Waals surface area contributed by atoms with E-state index in [0.29, 0.717) is 53.5 Å². The highest BCUT2D eigenvalue weighted by atomic mass is 32.2. The van der Waals surface area contributed by atoms with Gasteiger partial charge in [0.15, 0.2) is 0 Å². The number of thiophene rings is 1. The molecular weight excluding hydrogens is 550 g/mol. The van der Waals surface area contributed by atoms with Crippen LogP contribution < -0.4 is 15.4 Å². The standard InChI is InChI=1S/C29H31N3O6S2/c1-5-23(39-21-8-6-7-19(15-21)30-26(34)18-9-11-20(37-3)12-10-18)27(35)31-28-25(29(36)38-4)22-13-14-32(17(2)33)16-24(22)40-28/h6-12,15,23H,5,13-14,16H2,1-4H3,(H,30,34)(H,31,35). The Kier molecular flexibility index (Phi) is 9.49. The van der Waals surface area contributed by atoms with Gasteiger partial charge in [0.05, 0.1) is 31.6 Å². The Labute approximate surface area is 241 Å². The minimum absolute atomic E-state index is 0.0332. The van der Waals surface area contributed by atoms with Crippen molar-refractivity contribution in [3.05, 3.63) is 70.1 Å². The molecule has 1 unspecified atom stereocenters. The molecule has 4 rings (SSSR count). The van der Waals surface area contributed by atoms with Crippen molar-refractivity contribution in [2.75, 3.05) is 31.4 Å². The van der Waals surface area contributed by atoms with Crippen molar-refractivity contribution >= 4 is 57.5 Å². The lowest BCUT2D eigenvalue weighted by atomic mass is 10.0. The van der Waals surface area contributed by atoms with Crippen LogP contribution in [-0.4, -0.2) is 54.6 Å². The molecule has 2 N–H and O–H groups in total. The number of carbonyl (C=O) groups is 4. The molecule has 40 heavy (non-hydrogen) atoms. The van der Waals surface area contributed by atoms with Crippen molar-refractivity contribution in [1.82, 2.24) is 4.90 Å². The summed E-state index contributed by atoms with van der Waals surface area (Å²) in [5.74, 6) is -0.375. The maximum Gasteiger partial charge on any atom is 0.341 e. The molecule has 0 saturated heterocycles. The molecule has 9 nitrogen and oxygen atoms in total. The van der Waals surface area contributed by atoms with Gasteiger partial charge in [-0.15, -0.1) is 23.1 Å². The Balaban J connectivity index is 1.47. The molecule has 2 heterocycles. The summed E-state index contributed by atoms with van der Waals surface area (Å²) in [5, 5.41) is 5.83. The van der Waals surface area contributed by atoms with Crippen LogP contribution in [0.3, 0.4) is 0 Å². The minimum atomic E-state index is -0.509. The third-order valence-corrected chi connectivity index (χ3v) is 9.00. The number of carbonyl (C=O) groups excluding carboxylic acids is 4. The number of nitrogens with zero attached hydrogens (tertiary/aromatic N) is 1. The van der Waals surface area contributed by atoms with Gasteiger partial charge in [0.2, 0.25) is 11.8 Å². The van der Waals surface area contributed by atoms with Gasteiger partial charge < -0.3 is 25.0 Å². The average Bonchev–Trinajstić information content (AvgIpc) is 3.32. The second-order valence-electron chi connectivity index (χ2n) is 9.10. The maximum absolute atomic E-state index is 13.4. The van der Waals surface area contributed by atoms with Crippen molar-refractivity contribution < 1.29 is 28.7 Å². The molecule has 3 amide bonds. The molecule has 1 aliphatic rings. The summed E-state index contributed by atoms with van der Waals surface area (Å²) >= 11 is 2.68. The van der Waals surface area contributed by atoms with E-state index in [1.54, 1.807) is 42.3 Å². The third kappa shape index (κ3) is 6.65. The zero-order chi connectivity index (χ0) is 28.8. The summed E-state index contributed by atoms with van der Waals surface area (Å²) < 4.78 is 10.2. The highest BCUT2D eigenvalue weighted by molar-refractivity contribution is 8.00. The van der Waals surface area contributed by atoms with E-state index >= 15 is 0 Å². The molecule has 0 spiro atoms. The van der Waals surface area contributed by atoms with Crippen LogP contribution in [0.5, 0.6) is 5.75 Å². The highest BCUT2D eigenvalue weighted by Crippen LogP contribution is 2.38. The molecule has 0 bridgehead atoms. The molecule has 0 saturated carbocycles. The second-order valence-corrected chi connectivity index (χ2v) is 11.5. The molecule has 0 fully saturated rings. The van der Waals surface area contributed by atoms with Gasteiger partial charge in [0.25, 0.3) is 5.91 Å². The van der Waals surface area contributed by atoms with Gasteiger partial charge in [-0.3, -0.25) is 14.4 Å². The second kappa shape index (κ2) is 13.0. The number of nitrogens with one attached hydrogen (secondary N) is 2. The summed E-state index contributed by atoms with van der Waals surface area (Å²) in [6, 6.07) is 14.1. The molecule has 2 aromatic carbocycles. The first-order valence-corrected chi connectivity index (χ1v) is 14.4. The molecule has 210 valence electrons. The fraction of sp³-hybridized carbons (Fsp3) is 0.310. The number of benzene rings is 2. The topological polar surface area (TPSA) is 114 Å². The van der Waals surface area contributed by atoms with Gasteiger partial charge in [0.1, 0.15) is 10.8 Å². The molecule has 0 radical (unpaired) electrons. The van der Waals surface area contributed by atoms with Crippen LogP contribution in [0.1, 0.15) is 51.4 Å². The largest absolute Gasteiger partial charge is 0.497 e. The van der Waals surface area contributed by atoms with Crippen LogP contribution in [0.2, 0.25) is 0 Å². The van der Waals surface area contributed by atoms with E-state index in [0.717, 1.165) is 15.3 Å². The first kappa shape index (κ1) is 29.2. The predicted molar refractivity (Wildman–Crippen MR) is 156 cm³/mol. The number of hydrogen-bond donors (Lipinski definition) is 2. The summed E-state index contributed by atoms with van der Waals surface area (Å²) in [6.45, 7) is 4.34. The van der Waals surface area contributed by atoms with Crippen LogP contribution >= 0.6 is 23.1 Å². The molecule has 11 heteroatoms. The number of ether oxygens (including phenoxy) is 2. The Morgan fingerprint density at radius 3 is 2.48 bits per heavy atom. The maximum atomic E-state index is 13.4. The Bertz CT molecular complexity index is 1420. The first-order valence-electron chi connectivity index (χ1n) is 12.7. The zero-order valence-electron chi connectivity index (χ0n) is 22.7. The number of anilines is 2. The lowest BCUT2D eigenvalue weighted by Gasteiger charge is -2.25. The smallest absolute Gasteiger partial charge is 0.341 e. The normalized spacial score (nSPS) is 13.2. The van der Waals surface area contributed by atoms with Crippen molar-refractivity contribution in [2.45, 2.75) is 43.4 Å². The number of rotatable bonds is 9. The Morgan fingerprint density at radius 1 is 1.07 bits per heavy atom. The zero-order valence-corrected chi connectivity index (χ0v) is 24.4. The van der Waals surface area contributed by atoms with Gasteiger partial charge in [-0.2, -0.15) is 0 Å². The Morgan fingerprint density at radius 2 is 1.82 bits per heavy atom. The van der Waals surface area contributed by atoms with Gasteiger partial charge >= 0.3 is 5.97 Å². The monoisotopic (exact) mass is 581 g/mol. The average molecular weight is 582 g/mol. The third-order valence-electron chi connectivity index (χ3n) is 6.51. The van der Waals surface area contributed by atoms with E-state index in [9.17, 15) is 19.2 Å². The molecule has 0 aliphatic carbocycles. The van der Waals surface area contributed by atoms with E-state index < -0.39 is 11.2 Å². The van der Waals surface area contributed by atoms with Crippen LogP contribution in [0.25, 0.3) is 0 Å². The van der Waals surface area contributed by atoms with Crippen LogP contribution in [0.4, 0.5) is 10.7 Å². The van der Waals surface area contributed by atoms with Gasteiger partial charge in [-0.05, 0) is 60.9 Å². The van der Waals surface area contributed by atoms with E-state index in [1.807, 2.05) is 25.1 Å². The lowest BCUT2D eigenvalue weighted by molar-refractivity contribution is -0.129. The van der Waals surface area contributed by atoms with E-state index in [1.165, 1.54) is 37.1 Å². The number of amides is 3. The predicted octanol–water partition coefficient (Wildman–Crippen LogP) is 5.21. The molecule has 1 aromatic heterocycles. The van der Waals surface area contributed by atoms with Crippen LogP contribution in [0, 0.1) is 0 Å².